The Morgan fingerprint density at radius 1 is 1.42 bits per heavy atom. The molecule has 3 rings (SSSR count). The highest BCUT2D eigenvalue weighted by Crippen LogP contribution is 2.22. The minimum absolute atomic E-state index is 0.447. The van der Waals surface area contributed by atoms with E-state index in [9.17, 15) is 0 Å². The lowest BCUT2D eigenvalue weighted by Crippen LogP contribution is -2.45. The Morgan fingerprint density at radius 2 is 2.29 bits per heavy atom. The number of aromatic nitrogens is 4. The predicted octanol–water partition coefficient (Wildman–Crippen LogP) is 1.98. The van der Waals surface area contributed by atoms with E-state index < -0.39 is 0 Å². The standard InChI is InChI=1S/C17H28N6O/c1-4-24-9-5-7-22-8-6-15(13(2)11-22)21-16-10-14(3)20-17-18-12-19-23(16)17/h10,12-13,15,21H,4-9,11H2,1-3H3. The van der Waals surface area contributed by atoms with Crippen LogP contribution in [-0.4, -0.2) is 63.4 Å². The Morgan fingerprint density at radius 3 is 3.08 bits per heavy atom. The van der Waals surface area contributed by atoms with Crippen LogP contribution in [0, 0.1) is 12.8 Å². The molecule has 2 aromatic heterocycles. The highest BCUT2D eigenvalue weighted by Gasteiger charge is 2.26. The predicted molar refractivity (Wildman–Crippen MR) is 94.3 cm³/mol. The largest absolute Gasteiger partial charge is 0.382 e. The zero-order valence-electron chi connectivity index (χ0n) is 14.9. The molecule has 0 amide bonds. The van der Waals surface area contributed by atoms with E-state index in [0.717, 1.165) is 57.2 Å². The number of fused-ring (bicyclic) bond motifs is 1. The number of rotatable bonds is 7. The van der Waals surface area contributed by atoms with Crippen molar-refractivity contribution in [1.82, 2.24) is 24.5 Å². The molecule has 24 heavy (non-hydrogen) atoms. The van der Waals surface area contributed by atoms with Crippen LogP contribution in [-0.2, 0) is 4.74 Å². The van der Waals surface area contributed by atoms with E-state index in [1.54, 1.807) is 10.8 Å². The molecule has 7 nitrogen and oxygen atoms in total. The summed E-state index contributed by atoms with van der Waals surface area (Å²) in [5, 5.41) is 7.95. The van der Waals surface area contributed by atoms with Crippen LogP contribution in [0.2, 0.25) is 0 Å². The van der Waals surface area contributed by atoms with Crippen molar-refractivity contribution < 1.29 is 4.74 Å². The lowest BCUT2D eigenvalue weighted by Gasteiger charge is -2.37. The number of aryl methyl sites for hydroxylation is 1. The highest BCUT2D eigenvalue weighted by atomic mass is 16.5. The van der Waals surface area contributed by atoms with Gasteiger partial charge < -0.3 is 15.0 Å². The molecular weight excluding hydrogens is 304 g/mol. The summed E-state index contributed by atoms with van der Waals surface area (Å²) >= 11 is 0. The van der Waals surface area contributed by atoms with Crippen LogP contribution in [0.3, 0.4) is 0 Å². The molecule has 0 spiro atoms. The highest BCUT2D eigenvalue weighted by molar-refractivity contribution is 5.45. The van der Waals surface area contributed by atoms with Gasteiger partial charge in [-0.2, -0.15) is 14.6 Å². The third kappa shape index (κ3) is 4.02. The zero-order chi connectivity index (χ0) is 16.9. The third-order valence-corrected chi connectivity index (χ3v) is 4.67. The normalized spacial score (nSPS) is 22.1. The van der Waals surface area contributed by atoms with Crippen LogP contribution >= 0.6 is 0 Å². The third-order valence-electron chi connectivity index (χ3n) is 4.67. The summed E-state index contributed by atoms with van der Waals surface area (Å²) < 4.78 is 7.22. The van der Waals surface area contributed by atoms with Gasteiger partial charge in [0.25, 0.3) is 5.78 Å². The van der Waals surface area contributed by atoms with Gasteiger partial charge >= 0.3 is 0 Å². The van der Waals surface area contributed by atoms with E-state index in [-0.39, 0.29) is 0 Å². The summed E-state index contributed by atoms with van der Waals surface area (Å²) in [6, 6.07) is 2.49. The summed E-state index contributed by atoms with van der Waals surface area (Å²) in [5.74, 6) is 2.22. The molecule has 1 aliphatic rings. The SMILES string of the molecule is CCOCCCN1CCC(Nc2cc(C)nc3ncnn23)C(C)C1. The van der Waals surface area contributed by atoms with Crippen molar-refractivity contribution in [3.8, 4) is 0 Å². The van der Waals surface area contributed by atoms with E-state index in [4.69, 9.17) is 4.74 Å². The van der Waals surface area contributed by atoms with Gasteiger partial charge in [-0.15, -0.1) is 0 Å². The van der Waals surface area contributed by atoms with Crippen LogP contribution < -0.4 is 5.32 Å². The molecule has 1 aliphatic heterocycles. The fourth-order valence-corrected chi connectivity index (χ4v) is 3.41. The van der Waals surface area contributed by atoms with Gasteiger partial charge in [-0.25, -0.2) is 4.98 Å². The molecule has 0 radical (unpaired) electrons. The number of hydrogen-bond donors (Lipinski definition) is 1. The van der Waals surface area contributed by atoms with Crippen LogP contribution in [0.5, 0.6) is 0 Å². The van der Waals surface area contributed by atoms with Crippen molar-refractivity contribution >= 4 is 11.6 Å². The molecule has 132 valence electrons. The number of anilines is 1. The smallest absolute Gasteiger partial charge is 0.254 e. The number of likely N-dealkylation sites (tertiary alicyclic amines) is 1. The van der Waals surface area contributed by atoms with E-state index in [1.807, 2.05) is 19.9 Å². The first-order chi connectivity index (χ1) is 11.7. The van der Waals surface area contributed by atoms with E-state index in [0.29, 0.717) is 17.7 Å². The second-order valence-electron chi connectivity index (χ2n) is 6.62. The van der Waals surface area contributed by atoms with Crippen molar-refractivity contribution in [2.24, 2.45) is 5.92 Å². The van der Waals surface area contributed by atoms with Gasteiger partial charge in [0.05, 0.1) is 0 Å². The zero-order valence-corrected chi connectivity index (χ0v) is 14.9. The Labute approximate surface area is 143 Å². The Balaban J connectivity index is 1.57. The lowest BCUT2D eigenvalue weighted by molar-refractivity contribution is 0.117. The van der Waals surface area contributed by atoms with Crippen molar-refractivity contribution in [2.75, 3.05) is 38.2 Å². The Bertz CT molecular complexity index is 658. The molecule has 0 aliphatic carbocycles. The summed E-state index contributed by atoms with van der Waals surface area (Å²) in [4.78, 5) is 11.1. The van der Waals surface area contributed by atoms with E-state index in [2.05, 4.69) is 32.2 Å². The monoisotopic (exact) mass is 332 g/mol. The lowest BCUT2D eigenvalue weighted by atomic mass is 9.93. The molecule has 2 atom stereocenters. The maximum absolute atomic E-state index is 5.44. The fourth-order valence-electron chi connectivity index (χ4n) is 3.41. The van der Waals surface area contributed by atoms with Crippen LogP contribution in [0.15, 0.2) is 12.4 Å². The first kappa shape index (κ1) is 17.1. The van der Waals surface area contributed by atoms with E-state index in [1.165, 1.54) is 0 Å². The minimum atomic E-state index is 0.447. The molecule has 0 saturated carbocycles. The molecule has 2 unspecified atom stereocenters. The maximum Gasteiger partial charge on any atom is 0.254 e. The summed E-state index contributed by atoms with van der Waals surface area (Å²) in [6.07, 6.45) is 3.80. The molecule has 1 N–H and O–H groups in total. The van der Waals surface area contributed by atoms with Crippen LogP contribution in [0.1, 0.15) is 32.4 Å². The molecule has 7 heteroatoms. The Hall–Kier alpha value is -1.73. The molecule has 1 fully saturated rings. The van der Waals surface area contributed by atoms with Crippen LogP contribution in [0.4, 0.5) is 5.82 Å². The Kier molecular flexibility index (Phi) is 5.63. The van der Waals surface area contributed by atoms with Crippen molar-refractivity contribution in [2.45, 2.75) is 39.7 Å². The number of nitrogens with one attached hydrogen (secondary N) is 1. The summed E-state index contributed by atoms with van der Waals surface area (Å²) in [5.41, 5.74) is 0.957. The molecule has 1 saturated heterocycles. The van der Waals surface area contributed by atoms with Crippen LogP contribution in [0.25, 0.3) is 5.78 Å². The molecular formula is C17H28N6O. The second kappa shape index (κ2) is 7.90. The number of piperidine rings is 1. The van der Waals surface area contributed by atoms with E-state index >= 15 is 0 Å². The molecule has 0 aromatic carbocycles. The summed E-state index contributed by atoms with van der Waals surface area (Å²) in [7, 11) is 0. The molecule has 0 bridgehead atoms. The average molecular weight is 332 g/mol. The second-order valence-corrected chi connectivity index (χ2v) is 6.62. The van der Waals surface area contributed by atoms with Gasteiger partial charge in [0.2, 0.25) is 0 Å². The topological polar surface area (TPSA) is 67.6 Å². The number of ether oxygens (including phenoxy) is 1. The van der Waals surface area contributed by atoms with Crippen molar-refractivity contribution in [1.29, 1.82) is 0 Å². The van der Waals surface area contributed by atoms with Gasteiger partial charge in [0.15, 0.2) is 0 Å². The van der Waals surface area contributed by atoms with Gasteiger partial charge in [0.1, 0.15) is 12.1 Å². The average Bonchev–Trinajstić information content (AvgIpc) is 3.02. The van der Waals surface area contributed by atoms with Gasteiger partial charge in [-0.1, -0.05) is 6.92 Å². The maximum atomic E-state index is 5.44. The fraction of sp³-hybridized carbons (Fsp3) is 0.706. The number of nitrogens with zero attached hydrogens (tertiary/aromatic N) is 5. The first-order valence-corrected chi connectivity index (χ1v) is 8.91. The van der Waals surface area contributed by atoms with Crippen molar-refractivity contribution in [3.63, 3.8) is 0 Å². The van der Waals surface area contributed by atoms with Gasteiger partial charge in [0, 0.05) is 50.7 Å². The van der Waals surface area contributed by atoms with Gasteiger partial charge in [-0.05, 0) is 32.6 Å². The molecule has 2 aromatic rings. The molecule has 3 heterocycles. The number of hydrogen-bond acceptors (Lipinski definition) is 6. The summed E-state index contributed by atoms with van der Waals surface area (Å²) in [6.45, 7) is 11.4. The quantitative estimate of drug-likeness (QED) is 0.782. The minimum Gasteiger partial charge on any atom is -0.382 e. The van der Waals surface area contributed by atoms with Crippen molar-refractivity contribution in [3.05, 3.63) is 18.1 Å². The van der Waals surface area contributed by atoms with Gasteiger partial charge in [-0.3, -0.25) is 0 Å². The first-order valence-electron chi connectivity index (χ1n) is 8.91.